The number of halogens is 3. The van der Waals surface area contributed by atoms with E-state index in [0.717, 1.165) is 5.69 Å². The van der Waals surface area contributed by atoms with Crippen molar-refractivity contribution >= 4 is 33.0 Å². The third-order valence-corrected chi connectivity index (χ3v) is 8.45. The number of benzene rings is 1. The molecule has 8 nitrogen and oxygen atoms in total. The van der Waals surface area contributed by atoms with Gasteiger partial charge in [0.25, 0.3) is 10.0 Å². The monoisotopic (exact) mass is 501 g/mol. The number of anilines is 1. The van der Waals surface area contributed by atoms with Crippen molar-refractivity contribution in [2.24, 2.45) is 0 Å². The Morgan fingerprint density at radius 3 is 2.61 bits per heavy atom. The smallest absolute Gasteiger partial charge is 0.452 e. The number of aromatic nitrogens is 1. The van der Waals surface area contributed by atoms with Crippen molar-refractivity contribution in [1.29, 1.82) is 0 Å². The Bertz CT molecular complexity index is 1320. The summed E-state index contributed by atoms with van der Waals surface area (Å²) in [6.07, 6.45) is -4.66. The molecule has 33 heavy (non-hydrogen) atoms. The van der Waals surface area contributed by atoms with Gasteiger partial charge in [0.05, 0.1) is 4.88 Å². The quantitative estimate of drug-likeness (QED) is 0.507. The molecule has 3 aromatic rings. The van der Waals surface area contributed by atoms with E-state index in [0.29, 0.717) is 23.0 Å². The highest BCUT2D eigenvalue weighted by atomic mass is 32.2. The van der Waals surface area contributed by atoms with E-state index in [4.69, 9.17) is 0 Å². The minimum atomic E-state index is -4.72. The molecule has 2 atom stereocenters. The van der Waals surface area contributed by atoms with Crippen molar-refractivity contribution in [2.45, 2.75) is 28.3 Å². The minimum absolute atomic E-state index is 0.0644. The number of rotatable bonds is 7. The lowest BCUT2D eigenvalue weighted by atomic mass is 10.1. The van der Waals surface area contributed by atoms with Gasteiger partial charge in [0.2, 0.25) is 5.76 Å². The van der Waals surface area contributed by atoms with Gasteiger partial charge in [-0.05, 0) is 36.2 Å². The second kappa shape index (κ2) is 7.85. The highest BCUT2D eigenvalue weighted by Crippen LogP contribution is 2.53. The van der Waals surface area contributed by atoms with E-state index in [1.165, 1.54) is 12.1 Å². The number of aliphatic carboxylic acids is 1. The molecular formula is C20H18F3N3O5S2. The van der Waals surface area contributed by atoms with Gasteiger partial charge in [-0.25, -0.2) is 8.42 Å². The maximum absolute atomic E-state index is 13.0. The number of hydrogen-bond acceptors (Lipinski definition) is 7. The zero-order valence-electron chi connectivity index (χ0n) is 17.3. The molecule has 0 spiro atoms. The van der Waals surface area contributed by atoms with Crippen molar-refractivity contribution in [1.82, 2.24) is 9.88 Å². The number of carboxylic acid groups (broad SMARTS) is 1. The summed E-state index contributed by atoms with van der Waals surface area (Å²) in [5.74, 6) is -3.19. The predicted octanol–water partition coefficient (Wildman–Crippen LogP) is 3.78. The molecule has 176 valence electrons. The zero-order chi connectivity index (χ0) is 24.2. The molecule has 2 N–H and O–H groups in total. The Morgan fingerprint density at radius 2 is 2.00 bits per heavy atom. The summed E-state index contributed by atoms with van der Waals surface area (Å²) in [5, 5.41) is 13.2. The van der Waals surface area contributed by atoms with E-state index < -0.39 is 39.4 Å². The molecule has 0 saturated heterocycles. The molecule has 1 aliphatic rings. The molecule has 0 aliphatic heterocycles. The van der Waals surface area contributed by atoms with Crippen LogP contribution in [0.15, 0.2) is 51.2 Å². The van der Waals surface area contributed by atoms with Crippen LogP contribution in [0.5, 0.6) is 0 Å². The van der Waals surface area contributed by atoms with Gasteiger partial charge in [-0.1, -0.05) is 17.3 Å². The molecule has 1 saturated carbocycles. The van der Waals surface area contributed by atoms with Crippen molar-refractivity contribution < 1.29 is 36.0 Å². The fourth-order valence-electron chi connectivity index (χ4n) is 3.50. The first kappa shape index (κ1) is 23.3. The first-order valence-electron chi connectivity index (χ1n) is 9.52. The number of carbonyl (C=O) groups is 1. The lowest BCUT2D eigenvalue weighted by Gasteiger charge is -2.16. The number of hydrogen-bond donors (Lipinski definition) is 2. The summed E-state index contributed by atoms with van der Waals surface area (Å²) in [6, 6.07) is 10.3. The van der Waals surface area contributed by atoms with Gasteiger partial charge >= 0.3 is 12.1 Å². The molecule has 1 fully saturated rings. The summed E-state index contributed by atoms with van der Waals surface area (Å²) in [7, 11) is -0.613. The van der Waals surface area contributed by atoms with Crippen molar-refractivity contribution in [3.05, 3.63) is 53.8 Å². The second-order valence-electron chi connectivity index (χ2n) is 7.82. The molecule has 2 aromatic heterocycles. The molecular weight excluding hydrogens is 483 g/mol. The highest BCUT2D eigenvalue weighted by Gasteiger charge is 2.63. The van der Waals surface area contributed by atoms with E-state index in [1.807, 2.05) is 25.1 Å². The van der Waals surface area contributed by atoms with Crippen molar-refractivity contribution in [3.8, 4) is 10.6 Å². The van der Waals surface area contributed by atoms with Gasteiger partial charge in [-0.15, -0.1) is 11.3 Å². The first-order valence-corrected chi connectivity index (χ1v) is 11.8. The largest absolute Gasteiger partial charge is 0.480 e. The van der Waals surface area contributed by atoms with Crippen LogP contribution in [0, 0.1) is 0 Å². The average Bonchev–Trinajstić information content (AvgIpc) is 3.11. The zero-order valence-corrected chi connectivity index (χ0v) is 18.9. The first-order chi connectivity index (χ1) is 15.3. The van der Waals surface area contributed by atoms with Crippen molar-refractivity contribution in [2.75, 3.05) is 19.0 Å². The van der Waals surface area contributed by atoms with Crippen LogP contribution in [0.25, 0.3) is 10.6 Å². The van der Waals surface area contributed by atoms with Crippen LogP contribution in [0.2, 0.25) is 0 Å². The van der Waals surface area contributed by atoms with Gasteiger partial charge in [0.15, 0.2) is 0 Å². The third kappa shape index (κ3) is 4.35. The Morgan fingerprint density at radius 1 is 1.27 bits per heavy atom. The Balaban J connectivity index is 1.59. The SMILES string of the molecule is CN(C)c1cccc(C2CC2(NS(=O)(=O)c2ccc(-c3cc(C(F)(F)F)on3)s2)C(=O)O)c1. The van der Waals surface area contributed by atoms with Crippen LogP contribution in [0.3, 0.4) is 0 Å². The van der Waals surface area contributed by atoms with Crippen molar-refractivity contribution in [3.63, 3.8) is 0 Å². The molecule has 2 heterocycles. The fourth-order valence-corrected chi connectivity index (χ4v) is 6.16. The molecule has 0 radical (unpaired) electrons. The summed E-state index contributed by atoms with van der Waals surface area (Å²) >= 11 is 0.661. The van der Waals surface area contributed by atoms with E-state index in [-0.39, 0.29) is 21.2 Å². The molecule has 2 unspecified atom stereocenters. The van der Waals surface area contributed by atoms with Gasteiger partial charge < -0.3 is 14.5 Å². The number of sulfonamides is 1. The fraction of sp³-hybridized carbons (Fsp3) is 0.300. The van der Waals surface area contributed by atoms with Gasteiger partial charge in [0.1, 0.15) is 15.4 Å². The Kier molecular flexibility index (Phi) is 5.53. The highest BCUT2D eigenvalue weighted by molar-refractivity contribution is 7.91. The van der Waals surface area contributed by atoms with Gasteiger partial charge in [0, 0.05) is 31.8 Å². The molecule has 0 bridgehead atoms. The molecule has 4 rings (SSSR count). The van der Waals surface area contributed by atoms with E-state index in [2.05, 4.69) is 14.4 Å². The van der Waals surface area contributed by atoms with Crippen LogP contribution in [-0.2, 0) is 21.0 Å². The maximum atomic E-state index is 13.0. The van der Waals surface area contributed by atoms with Crippen LogP contribution in [0.4, 0.5) is 18.9 Å². The third-order valence-electron chi connectivity index (χ3n) is 5.34. The van der Waals surface area contributed by atoms with Crippen LogP contribution in [-0.4, -0.2) is 44.3 Å². The summed E-state index contributed by atoms with van der Waals surface area (Å²) in [4.78, 5) is 14.0. The topological polar surface area (TPSA) is 113 Å². The number of thiophene rings is 1. The van der Waals surface area contributed by atoms with Gasteiger partial charge in [-0.2, -0.15) is 17.9 Å². The summed E-state index contributed by atoms with van der Waals surface area (Å²) in [5.41, 5.74) is -0.368. The minimum Gasteiger partial charge on any atom is -0.480 e. The average molecular weight is 502 g/mol. The molecule has 1 aromatic carbocycles. The standard InChI is InChI=1S/C20H18F3N3O5S2/c1-26(2)12-5-3-4-11(8-12)13-10-19(13,18(27)28)25-33(29,30)17-7-6-15(32-17)14-9-16(31-24-14)20(21,22)23/h3-9,13,25H,10H2,1-2H3,(H,27,28). The van der Waals surface area contributed by atoms with Gasteiger partial charge in [-0.3, -0.25) is 4.79 Å². The van der Waals surface area contributed by atoms with E-state index in [1.54, 1.807) is 18.2 Å². The Hall–Kier alpha value is -2.90. The summed E-state index contributed by atoms with van der Waals surface area (Å²) in [6.45, 7) is 0. The normalized spacial score (nSPS) is 20.6. The number of alkyl halides is 3. The number of nitrogens with one attached hydrogen (secondary N) is 1. The van der Waals surface area contributed by atoms with Crippen LogP contribution in [0.1, 0.15) is 23.7 Å². The van der Waals surface area contributed by atoms with E-state index in [9.17, 15) is 31.5 Å². The molecule has 1 aliphatic carbocycles. The van der Waals surface area contributed by atoms with Crippen LogP contribution < -0.4 is 9.62 Å². The predicted molar refractivity (Wildman–Crippen MR) is 114 cm³/mol. The summed E-state index contributed by atoms with van der Waals surface area (Å²) < 4.78 is 70.4. The maximum Gasteiger partial charge on any atom is 0.452 e. The number of carboxylic acids is 1. The Labute approximate surface area is 190 Å². The van der Waals surface area contributed by atoms with E-state index >= 15 is 0 Å². The number of nitrogens with zero attached hydrogens (tertiary/aromatic N) is 2. The van der Waals surface area contributed by atoms with Crippen LogP contribution >= 0.6 is 11.3 Å². The molecule has 13 heteroatoms. The molecule has 0 amide bonds. The lowest BCUT2D eigenvalue weighted by molar-refractivity contribution is -0.155. The lowest BCUT2D eigenvalue weighted by Crippen LogP contribution is -2.44. The second-order valence-corrected chi connectivity index (χ2v) is 10.8.